The van der Waals surface area contributed by atoms with Gasteiger partial charge in [0.05, 0.1) is 11.4 Å². The molecular formula is C29H24Cl2FN3O3. The van der Waals surface area contributed by atoms with Gasteiger partial charge in [0, 0.05) is 41.1 Å². The van der Waals surface area contributed by atoms with Crippen molar-refractivity contribution in [2.75, 3.05) is 11.9 Å². The molecule has 4 aromatic rings. The van der Waals surface area contributed by atoms with E-state index >= 15 is 0 Å². The molecule has 3 N–H and O–H groups in total. The normalized spacial score (nSPS) is 10.7. The first-order valence-corrected chi connectivity index (χ1v) is 12.5. The van der Waals surface area contributed by atoms with Crippen molar-refractivity contribution in [1.82, 2.24) is 10.3 Å². The summed E-state index contributed by atoms with van der Waals surface area (Å²) in [6, 6.07) is 19.4. The van der Waals surface area contributed by atoms with Crippen LogP contribution in [0, 0.1) is 12.7 Å². The number of carbonyl (C=O) groups is 2. The van der Waals surface area contributed by atoms with Gasteiger partial charge in [0.1, 0.15) is 11.5 Å². The zero-order valence-electron chi connectivity index (χ0n) is 20.4. The van der Waals surface area contributed by atoms with Crippen LogP contribution in [0.5, 0.6) is 0 Å². The molecule has 0 aliphatic rings. The number of hydrogen-bond donors (Lipinski definition) is 3. The third-order valence-corrected chi connectivity index (χ3v) is 6.47. The van der Waals surface area contributed by atoms with E-state index in [1.807, 2.05) is 30.3 Å². The van der Waals surface area contributed by atoms with E-state index in [1.165, 1.54) is 6.07 Å². The van der Waals surface area contributed by atoms with Crippen LogP contribution in [0.15, 0.2) is 72.9 Å². The number of carboxylic acids is 1. The zero-order valence-corrected chi connectivity index (χ0v) is 21.9. The van der Waals surface area contributed by atoms with E-state index in [-0.39, 0.29) is 24.5 Å². The average molecular weight is 552 g/mol. The Balaban J connectivity index is 1.49. The van der Waals surface area contributed by atoms with E-state index in [9.17, 15) is 14.0 Å². The molecule has 0 unspecified atom stereocenters. The Hall–Kier alpha value is -3.94. The van der Waals surface area contributed by atoms with Crippen molar-refractivity contribution in [3.05, 3.63) is 106 Å². The molecule has 0 atom stereocenters. The van der Waals surface area contributed by atoms with Crippen molar-refractivity contribution in [2.24, 2.45) is 0 Å². The van der Waals surface area contributed by atoms with Gasteiger partial charge in [-0.2, -0.15) is 0 Å². The molecule has 0 spiro atoms. The van der Waals surface area contributed by atoms with Crippen molar-refractivity contribution in [3.8, 4) is 22.3 Å². The second-order valence-electron chi connectivity index (χ2n) is 8.65. The van der Waals surface area contributed by atoms with E-state index < -0.39 is 11.9 Å². The number of benzene rings is 3. The highest BCUT2D eigenvalue weighted by atomic mass is 35.5. The molecule has 0 bridgehead atoms. The van der Waals surface area contributed by atoms with Crippen molar-refractivity contribution in [1.29, 1.82) is 0 Å². The molecule has 1 aromatic heterocycles. The summed E-state index contributed by atoms with van der Waals surface area (Å²) in [5.41, 5.74) is 5.77. The maximum atomic E-state index is 13.7. The van der Waals surface area contributed by atoms with Crippen LogP contribution < -0.4 is 10.6 Å². The summed E-state index contributed by atoms with van der Waals surface area (Å²) in [5, 5.41) is 15.7. The second kappa shape index (κ2) is 12.1. The lowest BCUT2D eigenvalue weighted by Gasteiger charge is -2.14. The van der Waals surface area contributed by atoms with Crippen molar-refractivity contribution in [2.45, 2.75) is 19.9 Å². The number of amides is 1. The topological polar surface area (TPSA) is 91.3 Å². The Kier molecular flexibility index (Phi) is 8.61. The second-order valence-corrected chi connectivity index (χ2v) is 9.49. The summed E-state index contributed by atoms with van der Waals surface area (Å²) in [7, 11) is 0. The van der Waals surface area contributed by atoms with Gasteiger partial charge in [0.25, 0.3) is 5.91 Å². The maximum absolute atomic E-state index is 13.7. The summed E-state index contributed by atoms with van der Waals surface area (Å²) < 4.78 is 13.7. The van der Waals surface area contributed by atoms with Crippen LogP contribution in [0.1, 0.15) is 28.0 Å². The molecule has 1 amide bonds. The number of halogens is 3. The van der Waals surface area contributed by atoms with Gasteiger partial charge < -0.3 is 15.7 Å². The monoisotopic (exact) mass is 551 g/mol. The fourth-order valence-electron chi connectivity index (χ4n) is 3.90. The summed E-state index contributed by atoms with van der Waals surface area (Å²) in [6.07, 6.45) is 1.42. The Morgan fingerprint density at radius 2 is 1.74 bits per heavy atom. The summed E-state index contributed by atoms with van der Waals surface area (Å²) >= 11 is 12.8. The van der Waals surface area contributed by atoms with Crippen LogP contribution in [0.25, 0.3) is 22.3 Å². The summed E-state index contributed by atoms with van der Waals surface area (Å²) in [5.74, 6) is -1.69. The van der Waals surface area contributed by atoms with E-state index in [0.29, 0.717) is 22.2 Å². The van der Waals surface area contributed by atoms with Gasteiger partial charge in [0.15, 0.2) is 0 Å². The molecule has 194 valence electrons. The molecule has 0 saturated heterocycles. The zero-order chi connectivity index (χ0) is 27.2. The summed E-state index contributed by atoms with van der Waals surface area (Å²) in [6.45, 7) is 2.21. The molecule has 6 nitrogen and oxygen atoms in total. The third kappa shape index (κ3) is 6.68. The van der Waals surface area contributed by atoms with Gasteiger partial charge >= 0.3 is 5.97 Å². The lowest BCUT2D eigenvalue weighted by Crippen LogP contribution is -2.26. The molecule has 38 heavy (non-hydrogen) atoms. The fraction of sp³-hybridized carbons (Fsp3) is 0.138. The lowest BCUT2D eigenvalue weighted by atomic mass is 10.0. The highest BCUT2D eigenvalue weighted by Crippen LogP contribution is 2.32. The highest BCUT2D eigenvalue weighted by molar-refractivity contribution is 6.33. The Labute approximate surface area is 229 Å². The van der Waals surface area contributed by atoms with Gasteiger partial charge in [-0.25, -0.2) is 4.39 Å². The number of aromatic nitrogens is 1. The van der Waals surface area contributed by atoms with Crippen molar-refractivity contribution < 1.29 is 19.1 Å². The number of aliphatic carboxylic acids is 1. The minimum absolute atomic E-state index is 0.0241. The summed E-state index contributed by atoms with van der Waals surface area (Å²) in [4.78, 5) is 27.1. The molecule has 9 heteroatoms. The van der Waals surface area contributed by atoms with Gasteiger partial charge in [-0.1, -0.05) is 47.5 Å². The predicted molar refractivity (Wildman–Crippen MR) is 148 cm³/mol. The number of nitrogens with one attached hydrogen (secondary N) is 2. The quantitative estimate of drug-likeness (QED) is 0.208. The molecule has 0 aliphatic heterocycles. The van der Waals surface area contributed by atoms with Gasteiger partial charge in [0.2, 0.25) is 0 Å². The molecule has 1 heterocycles. The van der Waals surface area contributed by atoms with Gasteiger partial charge in [-0.15, -0.1) is 0 Å². The Bertz CT molecular complexity index is 1490. The molecular weight excluding hydrogens is 528 g/mol. The predicted octanol–water partition coefficient (Wildman–Crippen LogP) is 6.99. The number of pyridine rings is 1. The van der Waals surface area contributed by atoms with Gasteiger partial charge in [-0.3, -0.25) is 14.6 Å². The number of hydrogen-bond acceptors (Lipinski definition) is 4. The van der Waals surface area contributed by atoms with Crippen molar-refractivity contribution >= 4 is 40.8 Å². The molecule has 0 fully saturated rings. The smallest absolute Gasteiger partial charge is 0.305 e. The Morgan fingerprint density at radius 1 is 0.947 bits per heavy atom. The minimum atomic E-state index is -0.989. The van der Waals surface area contributed by atoms with Crippen LogP contribution >= 0.6 is 23.2 Å². The number of carbonyl (C=O) groups excluding carboxylic acids is 1. The number of carboxylic acid groups (broad SMARTS) is 1. The van der Waals surface area contributed by atoms with Crippen LogP contribution in [0.4, 0.5) is 10.1 Å². The molecule has 0 radical (unpaired) electrons. The largest absolute Gasteiger partial charge is 0.481 e. The first-order chi connectivity index (χ1) is 18.2. The molecule has 0 saturated carbocycles. The molecule has 3 aromatic carbocycles. The lowest BCUT2D eigenvalue weighted by molar-refractivity contribution is -0.136. The van der Waals surface area contributed by atoms with Crippen LogP contribution in [-0.2, 0) is 11.3 Å². The van der Waals surface area contributed by atoms with E-state index in [1.54, 1.807) is 43.5 Å². The SMILES string of the molecule is Cc1cc(-c2ccc(NCc3ccc(Cl)cc3-c3ccc(C(=O)NCCC(=O)O)nc3)cc2Cl)ccc1F. The number of anilines is 1. The number of aryl methyl sites for hydroxylation is 1. The van der Waals surface area contributed by atoms with Crippen LogP contribution in [0.2, 0.25) is 10.0 Å². The first-order valence-electron chi connectivity index (χ1n) is 11.8. The van der Waals surface area contributed by atoms with E-state index in [0.717, 1.165) is 33.5 Å². The van der Waals surface area contributed by atoms with Gasteiger partial charge in [-0.05, 0) is 71.6 Å². The van der Waals surface area contributed by atoms with Crippen LogP contribution in [-0.4, -0.2) is 28.5 Å². The third-order valence-electron chi connectivity index (χ3n) is 5.92. The molecule has 0 aliphatic carbocycles. The van der Waals surface area contributed by atoms with E-state index in [4.69, 9.17) is 28.3 Å². The first kappa shape index (κ1) is 27.1. The maximum Gasteiger partial charge on any atom is 0.305 e. The standard InChI is InChI=1S/C29H24Cl2FN3O3/c1-17-12-18(3-8-26(17)32)23-7-6-22(14-25(23)31)34-15-19-2-5-21(30)13-24(19)20-4-9-27(35-16-20)29(38)33-11-10-28(36)37/h2-9,12-14,16,34H,10-11,15H2,1H3,(H,33,38)(H,36,37). The Morgan fingerprint density at radius 3 is 2.42 bits per heavy atom. The fourth-order valence-corrected chi connectivity index (χ4v) is 4.36. The number of nitrogens with zero attached hydrogens (tertiary/aromatic N) is 1. The van der Waals surface area contributed by atoms with Crippen LogP contribution in [0.3, 0.4) is 0 Å². The van der Waals surface area contributed by atoms with Crippen molar-refractivity contribution in [3.63, 3.8) is 0 Å². The highest BCUT2D eigenvalue weighted by Gasteiger charge is 2.12. The average Bonchev–Trinajstić information content (AvgIpc) is 2.89. The number of rotatable bonds is 9. The minimum Gasteiger partial charge on any atom is -0.481 e. The van der Waals surface area contributed by atoms with E-state index in [2.05, 4.69) is 15.6 Å². The molecule has 4 rings (SSSR count).